The van der Waals surface area contributed by atoms with E-state index in [1.54, 1.807) is 12.3 Å². The van der Waals surface area contributed by atoms with Crippen LogP contribution < -0.4 is 14.8 Å². The van der Waals surface area contributed by atoms with E-state index >= 15 is 0 Å². The van der Waals surface area contributed by atoms with Gasteiger partial charge in [-0.2, -0.15) is 0 Å². The Labute approximate surface area is 186 Å². The van der Waals surface area contributed by atoms with E-state index in [0.717, 1.165) is 23.3 Å². The number of nitrogens with zero attached hydrogens (tertiary/aromatic N) is 1. The zero-order chi connectivity index (χ0) is 22.1. The molecule has 1 aromatic heterocycles. The van der Waals surface area contributed by atoms with Crippen LogP contribution in [0.5, 0.6) is 17.2 Å². The molecule has 0 fully saturated rings. The van der Waals surface area contributed by atoms with Gasteiger partial charge in [-0.25, -0.2) is 4.98 Å². The van der Waals surface area contributed by atoms with Crippen molar-refractivity contribution in [2.45, 2.75) is 26.2 Å². The number of nitrogens with one attached hydrogen (secondary N) is 1. The number of rotatable bonds is 11. The number of halogens is 1. The number of ether oxygens (including phenoxy) is 2. The molecule has 0 saturated heterocycles. The van der Waals surface area contributed by atoms with Crippen molar-refractivity contribution in [1.82, 2.24) is 4.98 Å². The van der Waals surface area contributed by atoms with Gasteiger partial charge in [-0.1, -0.05) is 35.9 Å². The molecule has 0 bridgehead atoms. The number of carbonyl (C=O) groups is 1. The third-order valence-electron chi connectivity index (χ3n) is 4.59. The Bertz CT molecular complexity index is 1010. The summed E-state index contributed by atoms with van der Waals surface area (Å²) in [5, 5.41) is 12.6. The SMILES string of the molecule is Cc1cc(OCCCNc2ncc(Cl)cc2Oc2ccccc2)ccc1CCC(=O)O. The fraction of sp³-hybridized carbons (Fsp3) is 0.250. The molecule has 2 aromatic carbocycles. The number of carboxylic acid groups (broad SMARTS) is 1. The predicted octanol–water partition coefficient (Wildman–Crippen LogP) is 5.73. The second-order valence-corrected chi connectivity index (χ2v) is 7.46. The van der Waals surface area contributed by atoms with Gasteiger partial charge in [0.15, 0.2) is 11.6 Å². The largest absolute Gasteiger partial charge is 0.494 e. The van der Waals surface area contributed by atoms with Crippen molar-refractivity contribution in [3.63, 3.8) is 0 Å². The van der Waals surface area contributed by atoms with Crippen LogP contribution in [0.2, 0.25) is 5.02 Å². The minimum Gasteiger partial charge on any atom is -0.494 e. The number of benzene rings is 2. The third kappa shape index (κ3) is 7.19. The maximum absolute atomic E-state index is 10.7. The molecule has 0 aliphatic carbocycles. The number of aliphatic carboxylic acids is 1. The number of aromatic nitrogens is 1. The number of hydrogen-bond donors (Lipinski definition) is 2. The average molecular weight is 441 g/mol. The summed E-state index contributed by atoms with van der Waals surface area (Å²) in [7, 11) is 0. The van der Waals surface area contributed by atoms with Crippen molar-refractivity contribution in [2.75, 3.05) is 18.5 Å². The van der Waals surface area contributed by atoms with Gasteiger partial charge < -0.3 is 19.9 Å². The minimum absolute atomic E-state index is 0.126. The molecule has 0 aliphatic heterocycles. The molecule has 1 heterocycles. The van der Waals surface area contributed by atoms with Crippen LogP contribution >= 0.6 is 11.6 Å². The van der Waals surface area contributed by atoms with Crippen LogP contribution in [0.25, 0.3) is 0 Å². The fourth-order valence-electron chi connectivity index (χ4n) is 3.00. The summed E-state index contributed by atoms with van der Waals surface area (Å²) >= 11 is 6.07. The summed E-state index contributed by atoms with van der Waals surface area (Å²) < 4.78 is 11.7. The van der Waals surface area contributed by atoms with Crippen LogP contribution in [0.15, 0.2) is 60.8 Å². The van der Waals surface area contributed by atoms with Gasteiger partial charge in [-0.3, -0.25) is 4.79 Å². The first-order valence-corrected chi connectivity index (χ1v) is 10.5. The molecule has 31 heavy (non-hydrogen) atoms. The number of carboxylic acids is 1. The Morgan fingerprint density at radius 1 is 1.13 bits per heavy atom. The lowest BCUT2D eigenvalue weighted by Gasteiger charge is -2.13. The molecule has 0 unspecified atom stereocenters. The lowest BCUT2D eigenvalue weighted by molar-refractivity contribution is -0.136. The molecular formula is C24H25ClN2O4. The van der Waals surface area contributed by atoms with Gasteiger partial charge >= 0.3 is 5.97 Å². The molecule has 6 nitrogen and oxygen atoms in total. The molecule has 0 radical (unpaired) electrons. The Morgan fingerprint density at radius 2 is 1.94 bits per heavy atom. The van der Waals surface area contributed by atoms with Crippen LogP contribution in [0.1, 0.15) is 24.0 Å². The Kier molecular flexibility index (Phi) is 8.12. The van der Waals surface area contributed by atoms with E-state index in [1.165, 1.54) is 0 Å². The quantitative estimate of drug-likeness (QED) is 0.370. The highest BCUT2D eigenvalue weighted by Gasteiger charge is 2.08. The molecular weight excluding hydrogens is 416 g/mol. The maximum atomic E-state index is 10.7. The average Bonchev–Trinajstić information content (AvgIpc) is 2.75. The highest BCUT2D eigenvalue weighted by molar-refractivity contribution is 6.30. The number of pyridine rings is 1. The van der Waals surface area contributed by atoms with Crippen molar-refractivity contribution in [2.24, 2.45) is 0 Å². The minimum atomic E-state index is -0.792. The molecule has 2 N–H and O–H groups in total. The fourth-order valence-corrected chi connectivity index (χ4v) is 3.14. The third-order valence-corrected chi connectivity index (χ3v) is 4.80. The Balaban J connectivity index is 1.48. The summed E-state index contributed by atoms with van der Waals surface area (Å²) in [4.78, 5) is 15.1. The molecule has 162 valence electrons. The van der Waals surface area contributed by atoms with Crippen LogP contribution in [0.4, 0.5) is 5.82 Å². The van der Waals surface area contributed by atoms with E-state index in [9.17, 15) is 4.79 Å². The second-order valence-electron chi connectivity index (χ2n) is 7.03. The first-order chi connectivity index (χ1) is 15.0. The first kappa shape index (κ1) is 22.4. The van der Waals surface area contributed by atoms with E-state index in [0.29, 0.717) is 41.9 Å². The van der Waals surface area contributed by atoms with Gasteiger partial charge in [-0.15, -0.1) is 0 Å². The second kappa shape index (κ2) is 11.2. The summed E-state index contributed by atoms with van der Waals surface area (Å²) in [6.07, 6.45) is 2.98. The molecule has 0 aliphatic rings. The lowest BCUT2D eigenvalue weighted by atomic mass is 10.0. The van der Waals surface area contributed by atoms with Crippen LogP contribution in [0, 0.1) is 6.92 Å². The summed E-state index contributed by atoms with van der Waals surface area (Å²) in [5.74, 6) is 1.87. The van der Waals surface area contributed by atoms with E-state index in [-0.39, 0.29) is 6.42 Å². The van der Waals surface area contributed by atoms with E-state index in [4.69, 9.17) is 26.2 Å². The monoisotopic (exact) mass is 440 g/mol. The van der Waals surface area contributed by atoms with Gasteiger partial charge in [0, 0.05) is 25.2 Å². The number of anilines is 1. The van der Waals surface area contributed by atoms with Crippen molar-refractivity contribution in [3.8, 4) is 17.2 Å². The first-order valence-electron chi connectivity index (χ1n) is 10.1. The molecule has 0 atom stereocenters. The van der Waals surface area contributed by atoms with E-state index in [1.807, 2.05) is 55.5 Å². The van der Waals surface area contributed by atoms with Crippen molar-refractivity contribution < 1.29 is 19.4 Å². The van der Waals surface area contributed by atoms with Gasteiger partial charge in [0.05, 0.1) is 11.6 Å². The molecule has 3 aromatic rings. The molecule has 0 spiro atoms. The van der Waals surface area contributed by atoms with Crippen molar-refractivity contribution in [1.29, 1.82) is 0 Å². The Hall–Kier alpha value is -3.25. The summed E-state index contributed by atoms with van der Waals surface area (Å²) in [6, 6.07) is 16.9. The number of aryl methyl sites for hydroxylation is 2. The van der Waals surface area contributed by atoms with Gasteiger partial charge in [-0.05, 0) is 55.2 Å². The van der Waals surface area contributed by atoms with Crippen molar-refractivity contribution >= 4 is 23.4 Å². The highest BCUT2D eigenvalue weighted by atomic mass is 35.5. The zero-order valence-electron chi connectivity index (χ0n) is 17.3. The predicted molar refractivity (Wildman–Crippen MR) is 122 cm³/mol. The number of hydrogen-bond acceptors (Lipinski definition) is 5. The van der Waals surface area contributed by atoms with Crippen LogP contribution in [-0.2, 0) is 11.2 Å². The standard InChI is InChI=1S/C24H25ClN2O4/c1-17-14-21(10-8-18(17)9-11-23(28)29)30-13-5-12-26-24-22(15-19(25)16-27-24)31-20-6-3-2-4-7-20/h2-4,6-8,10,14-16H,5,9,11-13H2,1H3,(H,26,27)(H,28,29). The topological polar surface area (TPSA) is 80.7 Å². The highest BCUT2D eigenvalue weighted by Crippen LogP contribution is 2.30. The van der Waals surface area contributed by atoms with Gasteiger partial charge in [0.1, 0.15) is 11.5 Å². The summed E-state index contributed by atoms with van der Waals surface area (Å²) in [6.45, 7) is 3.14. The Morgan fingerprint density at radius 3 is 2.68 bits per heavy atom. The zero-order valence-corrected chi connectivity index (χ0v) is 18.1. The number of para-hydroxylation sites is 1. The normalized spacial score (nSPS) is 10.5. The van der Waals surface area contributed by atoms with Gasteiger partial charge in [0.2, 0.25) is 0 Å². The molecule has 3 rings (SSSR count). The van der Waals surface area contributed by atoms with Crippen molar-refractivity contribution in [3.05, 3.63) is 76.9 Å². The maximum Gasteiger partial charge on any atom is 0.303 e. The van der Waals surface area contributed by atoms with E-state index < -0.39 is 5.97 Å². The van der Waals surface area contributed by atoms with E-state index in [2.05, 4.69) is 10.3 Å². The lowest BCUT2D eigenvalue weighted by Crippen LogP contribution is -2.09. The van der Waals surface area contributed by atoms with Gasteiger partial charge in [0.25, 0.3) is 0 Å². The molecule has 0 saturated carbocycles. The molecule has 0 amide bonds. The van der Waals surface area contributed by atoms with Crippen LogP contribution in [-0.4, -0.2) is 29.2 Å². The van der Waals surface area contributed by atoms with Crippen LogP contribution in [0.3, 0.4) is 0 Å². The molecule has 7 heteroatoms. The summed E-state index contributed by atoms with van der Waals surface area (Å²) in [5.41, 5.74) is 2.06. The smallest absolute Gasteiger partial charge is 0.303 e.